The van der Waals surface area contributed by atoms with Gasteiger partial charge in [0.1, 0.15) is 0 Å². The fourth-order valence-corrected chi connectivity index (χ4v) is 1.18. The van der Waals surface area contributed by atoms with Crippen molar-refractivity contribution in [3.63, 3.8) is 0 Å². The van der Waals surface area contributed by atoms with Gasteiger partial charge in [0.25, 0.3) is 0 Å². The Balaban J connectivity index is 3.83. The van der Waals surface area contributed by atoms with Crippen LogP contribution in [0, 0.1) is 0 Å². The topological polar surface area (TPSA) is 99.1 Å². The number of methoxy groups -OCH3 is 1. The number of aliphatic hydroxyl groups is 1. The smallest absolute Gasteiger partial charge is 0.317 e. The third-order valence-electron chi connectivity index (χ3n) is 2.07. The van der Waals surface area contributed by atoms with E-state index in [1.807, 2.05) is 0 Å². The quantitative estimate of drug-likeness (QED) is 0.478. The lowest BCUT2D eigenvalue weighted by atomic mass is 10.3. The Morgan fingerprint density at radius 2 is 2.06 bits per heavy atom. The van der Waals surface area contributed by atoms with E-state index >= 15 is 0 Å². The third kappa shape index (κ3) is 8.47. The van der Waals surface area contributed by atoms with Gasteiger partial charge in [-0.1, -0.05) is 0 Å². The second-order valence-corrected chi connectivity index (χ2v) is 3.43. The van der Waals surface area contributed by atoms with E-state index in [0.717, 1.165) is 0 Å². The molecule has 0 aliphatic carbocycles. The summed E-state index contributed by atoms with van der Waals surface area (Å²) in [5.74, 6) is -0.883. The molecule has 0 aromatic rings. The van der Waals surface area contributed by atoms with Crippen LogP contribution in [0.1, 0.15) is 12.8 Å². The van der Waals surface area contributed by atoms with Gasteiger partial charge in [-0.3, -0.25) is 4.79 Å². The van der Waals surface area contributed by atoms with Crippen LogP contribution in [0.5, 0.6) is 0 Å². The lowest BCUT2D eigenvalue weighted by Crippen LogP contribution is -2.43. The molecule has 0 unspecified atom stereocenters. The van der Waals surface area contributed by atoms with Crippen molar-refractivity contribution in [2.45, 2.75) is 12.8 Å². The van der Waals surface area contributed by atoms with Crippen LogP contribution in [0.25, 0.3) is 0 Å². The van der Waals surface area contributed by atoms with Crippen LogP contribution >= 0.6 is 0 Å². The van der Waals surface area contributed by atoms with E-state index in [1.165, 1.54) is 12.0 Å². The van der Waals surface area contributed by atoms with E-state index < -0.39 is 5.97 Å². The minimum Gasteiger partial charge on any atom is -0.481 e. The Hall–Kier alpha value is -1.34. The number of aliphatic carboxylic acids is 1. The largest absolute Gasteiger partial charge is 0.481 e. The zero-order valence-corrected chi connectivity index (χ0v) is 10.0. The molecule has 17 heavy (non-hydrogen) atoms. The highest BCUT2D eigenvalue weighted by atomic mass is 16.5. The number of carbonyl (C=O) groups is 2. The van der Waals surface area contributed by atoms with Gasteiger partial charge < -0.3 is 25.2 Å². The van der Waals surface area contributed by atoms with Crippen molar-refractivity contribution in [1.29, 1.82) is 0 Å². The van der Waals surface area contributed by atoms with Crippen molar-refractivity contribution in [3.05, 3.63) is 0 Å². The van der Waals surface area contributed by atoms with Crippen LogP contribution in [0.2, 0.25) is 0 Å². The number of carboxylic acids is 1. The molecule has 0 atom stereocenters. The molecule has 0 fully saturated rings. The van der Waals surface area contributed by atoms with Crippen LogP contribution < -0.4 is 5.32 Å². The van der Waals surface area contributed by atoms with Crippen molar-refractivity contribution >= 4 is 12.0 Å². The maximum Gasteiger partial charge on any atom is 0.317 e. The molecule has 3 N–H and O–H groups in total. The molecule has 0 aliphatic heterocycles. The lowest BCUT2D eigenvalue weighted by Gasteiger charge is -2.21. The van der Waals surface area contributed by atoms with E-state index in [1.54, 1.807) is 0 Å². The predicted octanol–water partition coefficient (Wildman–Crippen LogP) is -0.498. The number of nitrogens with zero attached hydrogens (tertiary/aromatic N) is 1. The molecule has 0 bridgehead atoms. The van der Waals surface area contributed by atoms with Crippen LogP contribution in [0.4, 0.5) is 4.79 Å². The summed E-state index contributed by atoms with van der Waals surface area (Å²) in [6.45, 7) is 1.20. The normalized spacial score (nSPS) is 10.0. The summed E-state index contributed by atoms with van der Waals surface area (Å²) >= 11 is 0. The second-order valence-electron chi connectivity index (χ2n) is 3.43. The fraction of sp³-hybridized carbons (Fsp3) is 0.800. The van der Waals surface area contributed by atoms with Gasteiger partial charge in [-0.2, -0.15) is 0 Å². The Morgan fingerprint density at radius 1 is 1.35 bits per heavy atom. The van der Waals surface area contributed by atoms with Crippen molar-refractivity contribution in [3.8, 4) is 0 Å². The number of carbonyl (C=O) groups excluding carboxylic acids is 1. The van der Waals surface area contributed by atoms with E-state index in [4.69, 9.17) is 14.9 Å². The van der Waals surface area contributed by atoms with Crippen LogP contribution in [0.15, 0.2) is 0 Å². The van der Waals surface area contributed by atoms with Gasteiger partial charge in [-0.15, -0.1) is 0 Å². The molecule has 0 radical (unpaired) electrons. The molecular formula is C10H20N2O5. The molecule has 2 amide bonds. The highest BCUT2D eigenvalue weighted by Gasteiger charge is 2.11. The van der Waals surface area contributed by atoms with Gasteiger partial charge in [-0.25, -0.2) is 4.79 Å². The van der Waals surface area contributed by atoms with E-state index in [0.29, 0.717) is 26.1 Å². The van der Waals surface area contributed by atoms with Crippen molar-refractivity contribution < 1.29 is 24.5 Å². The lowest BCUT2D eigenvalue weighted by molar-refractivity contribution is -0.137. The molecular weight excluding hydrogens is 228 g/mol. The Labute approximate surface area is 100 Å². The summed E-state index contributed by atoms with van der Waals surface area (Å²) in [7, 11) is 1.53. The monoisotopic (exact) mass is 248 g/mol. The molecule has 100 valence electrons. The highest BCUT2D eigenvalue weighted by Crippen LogP contribution is 1.92. The highest BCUT2D eigenvalue weighted by molar-refractivity contribution is 5.74. The molecule has 0 aromatic heterocycles. The Bertz CT molecular complexity index is 235. The number of ether oxygens (including phenoxy) is 1. The number of hydrogen-bond donors (Lipinski definition) is 3. The van der Waals surface area contributed by atoms with Gasteiger partial charge in [0.15, 0.2) is 0 Å². The number of carboxylic acid groups (broad SMARTS) is 1. The average Bonchev–Trinajstić information content (AvgIpc) is 2.29. The first-order valence-electron chi connectivity index (χ1n) is 5.46. The summed E-state index contributed by atoms with van der Waals surface area (Å²) in [5, 5.41) is 19.8. The summed E-state index contributed by atoms with van der Waals surface area (Å²) in [4.78, 5) is 23.3. The molecule has 7 heteroatoms. The maximum atomic E-state index is 11.6. The van der Waals surface area contributed by atoms with Crippen LogP contribution in [0.3, 0.4) is 0 Å². The number of amides is 2. The summed E-state index contributed by atoms with van der Waals surface area (Å²) in [6.07, 6.45) is 0.413. The number of nitrogens with one attached hydrogen (secondary N) is 1. The molecule has 0 aliphatic rings. The summed E-state index contributed by atoms with van der Waals surface area (Å²) in [6, 6.07) is -0.318. The molecule has 0 spiro atoms. The Morgan fingerprint density at radius 3 is 2.59 bits per heavy atom. The van der Waals surface area contributed by atoms with E-state index in [9.17, 15) is 9.59 Å². The zero-order chi connectivity index (χ0) is 13.1. The average molecular weight is 248 g/mol. The number of rotatable bonds is 9. The molecule has 0 saturated carbocycles. The number of hydrogen-bond acceptors (Lipinski definition) is 4. The number of urea groups is 1. The van der Waals surface area contributed by atoms with E-state index in [-0.39, 0.29) is 25.6 Å². The van der Waals surface area contributed by atoms with E-state index in [2.05, 4.69) is 5.32 Å². The molecule has 0 rings (SSSR count). The standard InChI is InChI=1S/C10H20N2O5/c1-17-8-6-12(5-7-13)10(16)11-4-2-3-9(14)15/h13H,2-8H2,1H3,(H,11,16)(H,14,15). The van der Waals surface area contributed by atoms with Gasteiger partial charge in [-0.05, 0) is 6.42 Å². The first-order chi connectivity index (χ1) is 8.11. The first-order valence-corrected chi connectivity index (χ1v) is 5.46. The predicted molar refractivity (Wildman–Crippen MR) is 60.8 cm³/mol. The number of aliphatic hydroxyl groups excluding tert-OH is 1. The minimum atomic E-state index is -0.883. The third-order valence-corrected chi connectivity index (χ3v) is 2.07. The summed E-state index contributed by atoms with van der Waals surface area (Å²) < 4.78 is 4.84. The van der Waals surface area contributed by atoms with Crippen molar-refractivity contribution in [1.82, 2.24) is 10.2 Å². The van der Waals surface area contributed by atoms with Gasteiger partial charge in [0.05, 0.1) is 13.2 Å². The minimum absolute atomic E-state index is 0.0261. The van der Waals surface area contributed by atoms with Crippen molar-refractivity contribution in [2.24, 2.45) is 0 Å². The van der Waals surface area contributed by atoms with Gasteiger partial charge in [0.2, 0.25) is 0 Å². The first kappa shape index (κ1) is 15.7. The fourth-order valence-electron chi connectivity index (χ4n) is 1.18. The Kier molecular flexibility index (Phi) is 9.08. The second kappa shape index (κ2) is 9.86. The molecule has 0 aromatic carbocycles. The molecule has 0 heterocycles. The van der Waals surface area contributed by atoms with Gasteiger partial charge in [0, 0.05) is 33.2 Å². The molecule has 0 saturated heterocycles. The zero-order valence-electron chi connectivity index (χ0n) is 10.0. The van der Waals surface area contributed by atoms with Gasteiger partial charge >= 0.3 is 12.0 Å². The maximum absolute atomic E-state index is 11.6. The van der Waals surface area contributed by atoms with Crippen molar-refractivity contribution in [2.75, 3.05) is 40.0 Å². The molecule has 7 nitrogen and oxygen atoms in total. The SMILES string of the molecule is COCCN(CCO)C(=O)NCCCC(=O)O. The summed E-state index contributed by atoms with van der Waals surface area (Å²) in [5.41, 5.74) is 0. The van der Waals surface area contributed by atoms with Crippen LogP contribution in [-0.4, -0.2) is 67.1 Å². The van der Waals surface area contributed by atoms with Crippen LogP contribution in [-0.2, 0) is 9.53 Å².